The van der Waals surface area contributed by atoms with Gasteiger partial charge in [0.05, 0.1) is 17.6 Å². The van der Waals surface area contributed by atoms with E-state index in [1.165, 1.54) is 18.5 Å². The third-order valence-electron chi connectivity index (χ3n) is 2.90. The second-order valence-corrected chi connectivity index (χ2v) is 4.36. The second-order valence-electron chi connectivity index (χ2n) is 4.36. The summed E-state index contributed by atoms with van der Waals surface area (Å²) in [5.41, 5.74) is 1.31. The Balaban J connectivity index is 2.13. The zero-order valence-corrected chi connectivity index (χ0v) is 10.8. The van der Waals surface area contributed by atoms with Crippen LogP contribution in [-0.2, 0) is 6.42 Å². The van der Waals surface area contributed by atoms with E-state index in [4.69, 9.17) is 0 Å². The Morgan fingerprint density at radius 1 is 1.30 bits per heavy atom. The highest BCUT2D eigenvalue weighted by Gasteiger charge is 2.17. The fourth-order valence-corrected chi connectivity index (χ4v) is 1.93. The van der Waals surface area contributed by atoms with Gasteiger partial charge in [-0.05, 0) is 18.1 Å². The Bertz CT molecular complexity index is 575. The average molecular weight is 273 g/mol. The molecule has 1 unspecified atom stereocenters. The average Bonchev–Trinajstić information content (AvgIpc) is 2.48. The first-order valence-electron chi connectivity index (χ1n) is 6.20. The first-order chi connectivity index (χ1) is 9.70. The van der Waals surface area contributed by atoms with E-state index in [-0.39, 0.29) is 18.3 Å². The lowest BCUT2D eigenvalue weighted by molar-refractivity contribution is -0.384. The molecular weight excluding hydrogens is 258 g/mol. The van der Waals surface area contributed by atoms with Crippen LogP contribution in [-0.4, -0.2) is 27.7 Å². The number of rotatable bonds is 6. The Kier molecular flexibility index (Phi) is 4.62. The van der Waals surface area contributed by atoms with Crippen LogP contribution in [0.25, 0.3) is 0 Å². The number of nitro groups is 1. The summed E-state index contributed by atoms with van der Waals surface area (Å²) in [5, 5.41) is 23.3. The van der Waals surface area contributed by atoms with Crippen LogP contribution < -0.4 is 5.32 Å². The molecule has 20 heavy (non-hydrogen) atoms. The minimum Gasteiger partial charge on any atom is -0.394 e. The minimum atomic E-state index is -0.494. The van der Waals surface area contributed by atoms with Crippen LogP contribution in [0.2, 0.25) is 0 Å². The van der Waals surface area contributed by atoms with Crippen molar-refractivity contribution in [3.63, 3.8) is 0 Å². The molecule has 104 valence electrons. The molecule has 0 aliphatic rings. The van der Waals surface area contributed by atoms with E-state index in [2.05, 4.69) is 10.3 Å². The molecule has 1 atom stereocenters. The quantitative estimate of drug-likeness (QED) is 0.621. The van der Waals surface area contributed by atoms with Crippen molar-refractivity contribution in [1.82, 2.24) is 4.98 Å². The first kappa shape index (κ1) is 14.0. The number of pyridine rings is 1. The lowest BCUT2D eigenvalue weighted by Gasteiger charge is -2.17. The summed E-state index contributed by atoms with van der Waals surface area (Å²) in [6.45, 7) is -0.117. The smallest absolute Gasteiger partial charge is 0.310 e. The molecule has 0 spiro atoms. The lowest BCUT2D eigenvalue weighted by atomic mass is 10.1. The van der Waals surface area contributed by atoms with Crippen LogP contribution in [0.5, 0.6) is 0 Å². The van der Waals surface area contributed by atoms with Crippen molar-refractivity contribution in [2.24, 2.45) is 0 Å². The number of aliphatic hydroxyl groups is 1. The van der Waals surface area contributed by atoms with Gasteiger partial charge in [-0.25, -0.2) is 0 Å². The van der Waals surface area contributed by atoms with E-state index in [0.717, 1.165) is 5.56 Å². The van der Waals surface area contributed by atoms with Gasteiger partial charge < -0.3 is 10.4 Å². The molecule has 0 fully saturated rings. The van der Waals surface area contributed by atoms with Crippen molar-refractivity contribution in [3.05, 3.63) is 64.5 Å². The number of anilines is 1. The van der Waals surface area contributed by atoms with Gasteiger partial charge in [-0.15, -0.1) is 0 Å². The number of hydrogen-bond donors (Lipinski definition) is 2. The fourth-order valence-electron chi connectivity index (χ4n) is 1.93. The molecule has 0 bridgehead atoms. The summed E-state index contributed by atoms with van der Waals surface area (Å²) in [4.78, 5) is 14.2. The van der Waals surface area contributed by atoms with Crippen LogP contribution in [0.4, 0.5) is 11.4 Å². The van der Waals surface area contributed by atoms with Crippen molar-refractivity contribution in [1.29, 1.82) is 0 Å². The molecule has 0 amide bonds. The summed E-state index contributed by atoms with van der Waals surface area (Å²) < 4.78 is 0. The van der Waals surface area contributed by atoms with Gasteiger partial charge in [0.15, 0.2) is 0 Å². The lowest BCUT2D eigenvalue weighted by Crippen LogP contribution is -2.26. The molecule has 0 saturated carbocycles. The summed E-state index contributed by atoms with van der Waals surface area (Å²) >= 11 is 0. The Labute approximate surface area is 116 Å². The maximum Gasteiger partial charge on any atom is 0.310 e. The number of aromatic nitrogens is 1. The van der Waals surface area contributed by atoms with E-state index in [9.17, 15) is 15.2 Å². The third kappa shape index (κ3) is 3.52. The van der Waals surface area contributed by atoms with Gasteiger partial charge in [0.2, 0.25) is 0 Å². The third-order valence-corrected chi connectivity index (χ3v) is 2.90. The molecule has 1 aromatic heterocycles. The molecule has 0 aliphatic heterocycles. The van der Waals surface area contributed by atoms with Crippen molar-refractivity contribution < 1.29 is 10.0 Å². The molecule has 6 heteroatoms. The molecule has 1 heterocycles. The van der Waals surface area contributed by atoms with E-state index < -0.39 is 4.92 Å². The first-order valence-corrected chi connectivity index (χ1v) is 6.20. The molecule has 1 aromatic carbocycles. The summed E-state index contributed by atoms with van der Waals surface area (Å²) in [5.74, 6) is 0. The van der Waals surface area contributed by atoms with Crippen molar-refractivity contribution in [2.75, 3.05) is 11.9 Å². The van der Waals surface area contributed by atoms with Gasteiger partial charge in [0.1, 0.15) is 11.9 Å². The molecule has 2 rings (SSSR count). The van der Waals surface area contributed by atoms with Gasteiger partial charge >= 0.3 is 5.69 Å². The largest absolute Gasteiger partial charge is 0.394 e. The molecule has 2 N–H and O–H groups in total. The van der Waals surface area contributed by atoms with Gasteiger partial charge in [-0.2, -0.15) is 0 Å². The number of hydrogen-bond acceptors (Lipinski definition) is 5. The Hall–Kier alpha value is -2.47. The fraction of sp³-hybridized carbons (Fsp3) is 0.214. The van der Waals surface area contributed by atoms with E-state index in [1.807, 2.05) is 30.3 Å². The van der Waals surface area contributed by atoms with Gasteiger partial charge in [0, 0.05) is 6.20 Å². The highest BCUT2D eigenvalue weighted by molar-refractivity contribution is 5.60. The zero-order valence-electron chi connectivity index (χ0n) is 10.8. The minimum absolute atomic E-state index is 0.0981. The molecule has 2 aromatic rings. The zero-order chi connectivity index (χ0) is 14.4. The summed E-state index contributed by atoms with van der Waals surface area (Å²) in [6, 6.07) is 10.9. The van der Waals surface area contributed by atoms with Crippen LogP contribution in [0.3, 0.4) is 0 Å². The van der Waals surface area contributed by atoms with Crippen molar-refractivity contribution in [2.45, 2.75) is 12.5 Å². The van der Waals surface area contributed by atoms with Crippen molar-refractivity contribution in [3.8, 4) is 0 Å². The Morgan fingerprint density at radius 3 is 2.70 bits per heavy atom. The maximum absolute atomic E-state index is 10.9. The second kappa shape index (κ2) is 6.63. The Morgan fingerprint density at radius 2 is 2.05 bits per heavy atom. The molecular formula is C14H15N3O3. The summed E-state index contributed by atoms with van der Waals surface area (Å²) in [6.07, 6.45) is 3.25. The normalized spacial score (nSPS) is 11.8. The molecule has 6 nitrogen and oxygen atoms in total. The predicted octanol–water partition coefficient (Wildman–Crippen LogP) is 2.01. The number of nitrogens with zero attached hydrogens (tertiary/aromatic N) is 2. The van der Waals surface area contributed by atoms with Crippen LogP contribution in [0.15, 0.2) is 48.8 Å². The predicted molar refractivity (Wildman–Crippen MR) is 75.5 cm³/mol. The van der Waals surface area contributed by atoms with Crippen LogP contribution in [0.1, 0.15) is 5.56 Å². The van der Waals surface area contributed by atoms with Crippen LogP contribution >= 0.6 is 0 Å². The molecule has 0 aliphatic carbocycles. The van der Waals surface area contributed by atoms with Crippen LogP contribution in [0, 0.1) is 10.1 Å². The van der Waals surface area contributed by atoms with Gasteiger partial charge in [-0.1, -0.05) is 30.3 Å². The standard InChI is InChI=1S/C14H15N3O3/c18-10-12(8-11-4-2-1-3-5-11)16-13-6-7-15-9-14(13)17(19)20/h1-7,9,12,18H,8,10H2,(H,15,16). The number of nitrogens with one attached hydrogen (secondary N) is 1. The van der Waals surface area contributed by atoms with Gasteiger partial charge in [-0.3, -0.25) is 15.1 Å². The highest BCUT2D eigenvalue weighted by atomic mass is 16.6. The monoisotopic (exact) mass is 273 g/mol. The highest BCUT2D eigenvalue weighted by Crippen LogP contribution is 2.23. The van der Waals surface area contributed by atoms with E-state index in [0.29, 0.717) is 12.1 Å². The topological polar surface area (TPSA) is 88.3 Å². The van der Waals surface area contributed by atoms with Gasteiger partial charge in [0.25, 0.3) is 0 Å². The molecule has 0 saturated heterocycles. The number of aliphatic hydroxyl groups excluding tert-OH is 1. The van der Waals surface area contributed by atoms with E-state index >= 15 is 0 Å². The van der Waals surface area contributed by atoms with E-state index in [1.54, 1.807) is 0 Å². The maximum atomic E-state index is 10.9. The van der Waals surface area contributed by atoms with Crippen molar-refractivity contribution >= 4 is 11.4 Å². The summed E-state index contributed by atoms with van der Waals surface area (Å²) in [7, 11) is 0. The molecule has 0 radical (unpaired) electrons. The SMILES string of the molecule is O=[N+]([O-])c1cnccc1NC(CO)Cc1ccccc1. The number of benzene rings is 1.